The van der Waals surface area contributed by atoms with E-state index >= 15 is 0 Å². The van der Waals surface area contributed by atoms with Gasteiger partial charge in [0.15, 0.2) is 5.13 Å². The van der Waals surface area contributed by atoms with Gasteiger partial charge in [0.1, 0.15) is 0 Å². The van der Waals surface area contributed by atoms with Crippen LogP contribution in [0.15, 0.2) is 101 Å². The van der Waals surface area contributed by atoms with Crippen LogP contribution in [0.1, 0.15) is 10.4 Å². The largest absolute Gasteiger partial charge is 0.322 e. The average molecular weight is 541 g/mol. The van der Waals surface area contributed by atoms with Gasteiger partial charge in [-0.2, -0.15) is 0 Å². The van der Waals surface area contributed by atoms with E-state index < -0.39 is 4.92 Å². The van der Waals surface area contributed by atoms with Gasteiger partial charge in [-0.15, -0.1) is 23.1 Å². The fourth-order valence-electron chi connectivity index (χ4n) is 3.72. The topological polar surface area (TPSA) is 114 Å². The van der Waals surface area contributed by atoms with Crippen molar-refractivity contribution in [2.24, 2.45) is 0 Å². The van der Waals surface area contributed by atoms with Gasteiger partial charge >= 0.3 is 0 Å². The third kappa shape index (κ3) is 6.05. The van der Waals surface area contributed by atoms with Crippen LogP contribution in [0.4, 0.5) is 16.5 Å². The SMILES string of the molecule is O=C(CSc1ccc(NC(=O)c2ccc3ccccc3c2)cc1)Nc1nc(-c2cccc([N+](=O)[O-])c2)cs1. The number of aromatic nitrogens is 1. The highest BCUT2D eigenvalue weighted by molar-refractivity contribution is 8.00. The zero-order valence-electron chi connectivity index (χ0n) is 19.8. The third-order valence-corrected chi connectivity index (χ3v) is 7.37. The molecular formula is C28H20N4O4S2. The quantitative estimate of drug-likeness (QED) is 0.126. The Morgan fingerprint density at radius 2 is 1.68 bits per heavy atom. The Morgan fingerprint density at radius 1 is 0.895 bits per heavy atom. The summed E-state index contributed by atoms with van der Waals surface area (Å²) in [6, 6.07) is 26.9. The smallest absolute Gasteiger partial charge is 0.270 e. The van der Waals surface area contributed by atoms with Crippen molar-refractivity contribution in [1.82, 2.24) is 4.98 Å². The number of nitro benzene ring substituents is 1. The molecule has 0 bridgehead atoms. The molecule has 0 fully saturated rings. The molecule has 0 aliphatic rings. The monoisotopic (exact) mass is 540 g/mol. The Bertz CT molecular complexity index is 1650. The van der Waals surface area contributed by atoms with E-state index in [0.717, 1.165) is 15.7 Å². The molecule has 2 amide bonds. The first-order valence-electron chi connectivity index (χ1n) is 11.5. The molecule has 8 nitrogen and oxygen atoms in total. The number of hydrogen-bond donors (Lipinski definition) is 2. The van der Waals surface area contributed by atoms with Gasteiger partial charge in [-0.05, 0) is 47.2 Å². The normalized spacial score (nSPS) is 10.7. The van der Waals surface area contributed by atoms with Gasteiger partial charge in [-0.25, -0.2) is 4.98 Å². The van der Waals surface area contributed by atoms with Crippen LogP contribution >= 0.6 is 23.1 Å². The van der Waals surface area contributed by atoms with Crippen LogP contribution in [0.2, 0.25) is 0 Å². The van der Waals surface area contributed by atoms with Crippen LogP contribution in [0.25, 0.3) is 22.0 Å². The second-order valence-corrected chi connectivity index (χ2v) is 10.1. The first-order valence-corrected chi connectivity index (χ1v) is 13.3. The minimum atomic E-state index is -0.457. The number of non-ortho nitro benzene ring substituents is 1. The molecule has 0 saturated carbocycles. The van der Waals surface area contributed by atoms with Crippen LogP contribution in [-0.4, -0.2) is 27.5 Å². The van der Waals surface area contributed by atoms with E-state index in [-0.39, 0.29) is 23.3 Å². The lowest BCUT2D eigenvalue weighted by atomic mass is 10.1. The molecule has 188 valence electrons. The van der Waals surface area contributed by atoms with Gasteiger partial charge < -0.3 is 10.6 Å². The number of fused-ring (bicyclic) bond motifs is 1. The maximum Gasteiger partial charge on any atom is 0.270 e. The lowest BCUT2D eigenvalue weighted by molar-refractivity contribution is -0.384. The molecule has 4 aromatic carbocycles. The molecular weight excluding hydrogens is 520 g/mol. The van der Waals surface area contributed by atoms with Crippen LogP contribution < -0.4 is 10.6 Å². The summed E-state index contributed by atoms with van der Waals surface area (Å²) >= 11 is 2.61. The molecule has 5 rings (SSSR count). The second kappa shape index (κ2) is 11.2. The number of nitrogens with zero attached hydrogens (tertiary/aromatic N) is 2. The Kier molecular flexibility index (Phi) is 7.43. The van der Waals surface area contributed by atoms with Crippen molar-refractivity contribution in [2.45, 2.75) is 4.90 Å². The summed E-state index contributed by atoms with van der Waals surface area (Å²) in [6.07, 6.45) is 0. The number of carbonyl (C=O) groups excluding carboxylic acids is 2. The molecule has 0 aliphatic carbocycles. The van der Waals surface area contributed by atoms with Crippen LogP contribution in [-0.2, 0) is 4.79 Å². The second-order valence-electron chi connectivity index (χ2n) is 8.22. The zero-order valence-corrected chi connectivity index (χ0v) is 21.4. The fourth-order valence-corrected chi connectivity index (χ4v) is 5.15. The molecule has 1 heterocycles. The number of benzene rings is 4. The van der Waals surface area contributed by atoms with Gasteiger partial charge in [0.2, 0.25) is 5.91 Å². The Hall–Kier alpha value is -4.54. The van der Waals surface area contributed by atoms with Crippen molar-refractivity contribution in [3.8, 4) is 11.3 Å². The standard InChI is InChI=1S/C28H20N4O4S2/c33-26(31-28-30-25(16-38-28)20-6-3-7-23(15-20)32(35)36)17-37-24-12-10-22(11-13-24)29-27(34)21-9-8-18-4-1-2-5-19(18)14-21/h1-16H,17H2,(H,29,34)(H,30,31,33). The third-order valence-electron chi connectivity index (χ3n) is 5.60. The number of thiazole rings is 1. The maximum absolute atomic E-state index is 12.7. The highest BCUT2D eigenvalue weighted by atomic mass is 32.2. The minimum absolute atomic E-state index is 0.0169. The van der Waals surface area contributed by atoms with Gasteiger partial charge in [0.05, 0.1) is 16.4 Å². The number of carbonyl (C=O) groups is 2. The van der Waals surface area contributed by atoms with Crippen molar-refractivity contribution in [1.29, 1.82) is 0 Å². The molecule has 0 saturated heterocycles. The van der Waals surface area contributed by atoms with Crippen LogP contribution in [0.3, 0.4) is 0 Å². The van der Waals surface area contributed by atoms with Gasteiger partial charge in [0.25, 0.3) is 11.6 Å². The van der Waals surface area contributed by atoms with Crippen LogP contribution in [0, 0.1) is 10.1 Å². The van der Waals surface area contributed by atoms with Crippen molar-refractivity contribution in [3.63, 3.8) is 0 Å². The van der Waals surface area contributed by atoms with Crippen molar-refractivity contribution in [2.75, 3.05) is 16.4 Å². The van der Waals surface area contributed by atoms with E-state index in [1.807, 2.05) is 48.5 Å². The van der Waals surface area contributed by atoms with E-state index in [9.17, 15) is 19.7 Å². The molecule has 0 unspecified atom stereocenters. The number of nitro groups is 1. The number of amides is 2. The van der Waals surface area contributed by atoms with E-state index in [1.165, 1.54) is 35.2 Å². The average Bonchev–Trinajstić information content (AvgIpc) is 3.41. The Balaban J connectivity index is 1.13. The fraction of sp³-hybridized carbons (Fsp3) is 0.0357. The summed E-state index contributed by atoms with van der Waals surface area (Å²) in [5.41, 5.74) is 2.39. The summed E-state index contributed by atoms with van der Waals surface area (Å²) in [5.74, 6) is -0.235. The number of rotatable bonds is 8. The predicted molar refractivity (Wildman–Crippen MR) is 152 cm³/mol. The summed E-state index contributed by atoms with van der Waals surface area (Å²) in [6.45, 7) is 0. The lowest BCUT2D eigenvalue weighted by Gasteiger charge is -2.08. The highest BCUT2D eigenvalue weighted by Gasteiger charge is 2.12. The minimum Gasteiger partial charge on any atom is -0.322 e. The molecule has 38 heavy (non-hydrogen) atoms. The van der Waals surface area contributed by atoms with Crippen molar-refractivity contribution < 1.29 is 14.5 Å². The van der Waals surface area contributed by atoms with Crippen LogP contribution in [0.5, 0.6) is 0 Å². The van der Waals surface area contributed by atoms with Gasteiger partial charge in [-0.3, -0.25) is 19.7 Å². The molecule has 0 atom stereocenters. The molecule has 10 heteroatoms. The molecule has 0 radical (unpaired) electrons. The van der Waals surface area contributed by atoms with Gasteiger partial charge in [0, 0.05) is 39.2 Å². The molecule has 1 aromatic heterocycles. The lowest BCUT2D eigenvalue weighted by Crippen LogP contribution is -2.13. The number of anilines is 2. The van der Waals surface area contributed by atoms with Gasteiger partial charge in [-0.1, -0.05) is 42.5 Å². The first-order chi connectivity index (χ1) is 18.4. The Labute approximate surface area is 225 Å². The number of nitrogens with one attached hydrogen (secondary N) is 2. The molecule has 2 N–H and O–H groups in total. The van der Waals surface area contributed by atoms with E-state index in [0.29, 0.717) is 27.6 Å². The highest BCUT2D eigenvalue weighted by Crippen LogP contribution is 2.28. The molecule has 0 spiro atoms. The molecule has 5 aromatic rings. The van der Waals surface area contributed by atoms with Crippen molar-refractivity contribution >= 4 is 62.2 Å². The number of hydrogen-bond acceptors (Lipinski definition) is 7. The Morgan fingerprint density at radius 3 is 2.47 bits per heavy atom. The van der Waals surface area contributed by atoms with E-state index in [4.69, 9.17) is 0 Å². The predicted octanol–water partition coefficient (Wildman–Crippen LogP) is 6.85. The summed E-state index contributed by atoms with van der Waals surface area (Å²) in [5, 5.41) is 20.9. The van der Waals surface area contributed by atoms with E-state index in [1.54, 1.807) is 35.7 Å². The van der Waals surface area contributed by atoms with Crippen molar-refractivity contribution in [3.05, 3.63) is 112 Å². The maximum atomic E-state index is 12.7. The molecule has 0 aliphatic heterocycles. The number of thioether (sulfide) groups is 1. The summed E-state index contributed by atoms with van der Waals surface area (Å²) < 4.78 is 0. The summed E-state index contributed by atoms with van der Waals surface area (Å²) in [7, 11) is 0. The zero-order chi connectivity index (χ0) is 26.5. The first kappa shape index (κ1) is 25.1. The van der Waals surface area contributed by atoms with E-state index in [2.05, 4.69) is 15.6 Å². The summed E-state index contributed by atoms with van der Waals surface area (Å²) in [4.78, 5) is 40.9.